The van der Waals surface area contributed by atoms with E-state index >= 15 is 0 Å². The number of ether oxygens (including phenoxy) is 2. The summed E-state index contributed by atoms with van der Waals surface area (Å²) in [4.78, 5) is 18.8. The Labute approximate surface area is 251 Å². The second-order valence-corrected chi connectivity index (χ2v) is 11.0. The third kappa shape index (κ3) is 6.24. The Bertz CT molecular complexity index is 1830. The van der Waals surface area contributed by atoms with Crippen LogP contribution < -0.4 is 15.0 Å². The maximum absolute atomic E-state index is 13.9. The summed E-state index contributed by atoms with van der Waals surface area (Å²) in [6, 6.07) is 24.9. The van der Waals surface area contributed by atoms with E-state index in [-0.39, 0.29) is 11.5 Å². The van der Waals surface area contributed by atoms with Gasteiger partial charge in [-0.1, -0.05) is 67.4 Å². The lowest BCUT2D eigenvalue weighted by Gasteiger charge is -2.18. The van der Waals surface area contributed by atoms with Crippen LogP contribution in [0.4, 0.5) is 0 Å². The van der Waals surface area contributed by atoms with Crippen molar-refractivity contribution in [1.82, 2.24) is 9.66 Å². The van der Waals surface area contributed by atoms with Gasteiger partial charge < -0.3 is 9.47 Å². The fraction of sp³-hybridized carbons (Fsp3) is 0.229. The molecule has 7 heteroatoms. The van der Waals surface area contributed by atoms with E-state index in [0.717, 1.165) is 28.0 Å². The van der Waals surface area contributed by atoms with Crippen molar-refractivity contribution >= 4 is 28.7 Å². The van der Waals surface area contributed by atoms with Crippen molar-refractivity contribution < 1.29 is 9.47 Å². The highest BCUT2D eigenvalue weighted by atomic mass is 35.5. The highest BCUT2D eigenvalue weighted by molar-refractivity contribution is 6.30. The molecule has 5 rings (SSSR count). The highest BCUT2D eigenvalue weighted by Gasteiger charge is 2.19. The van der Waals surface area contributed by atoms with Gasteiger partial charge in [-0.25, -0.2) is 4.98 Å². The van der Waals surface area contributed by atoms with Crippen LogP contribution in [0.5, 0.6) is 11.5 Å². The van der Waals surface area contributed by atoms with Crippen LogP contribution in [0.25, 0.3) is 22.3 Å². The van der Waals surface area contributed by atoms with Crippen LogP contribution in [-0.2, 0) is 6.61 Å². The van der Waals surface area contributed by atoms with E-state index in [2.05, 4.69) is 39.0 Å². The molecule has 4 aromatic carbocycles. The van der Waals surface area contributed by atoms with Gasteiger partial charge in [-0.15, -0.1) is 0 Å². The van der Waals surface area contributed by atoms with E-state index in [9.17, 15) is 4.79 Å². The SMILES string of the molecule is CCOc1cc(C)c(-c2nc3ccccc3c(=O)n2N=Cc2cc(Cl)ccc2OCc2ccc(C)cc2)cc1C(C)C. The third-order valence-electron chi connectivity index (χ3n) is 7.07. The molecular formula is C35H34ClN3O3. The van der Waals surface area contributed by atoms with Gasteiger partial charge in [-0.3, -0.25) is 4.79 Å². The lowest BCUT2D eigenvalue weighted by atomic mass is 9.96. The maximum Gasteiger partial charge on any atom is 0.282 e. The van der Waals surface area contributed by atoms with Gasteiger partial charge in [-0.2, -0.15) is 9.78 Å². The lowest BCUT2D eigenvalue weighted by molar-refractivity contribution is 0.306. The fourth-order valence-corrected chi connectivity index (χ4v) is 4.97. The van der Waals surface area contributed by atoms with E-state index < -0.39 is 0 Å². The molecule has 0 aliphatic heterocycles. The number of para-hydroxylation sites is 1. The summed E-state index contributed by atoms with van der Waals surface area (Å²) in [5, 5.41) is 5.71. The molecule has 0 saturated carbocycles. The van der Waals surface area contributed by atoms with E-state index in [1.165, 1.54) is 10.2 Å². The van der Waals surface area contributed by atoms with Crippen LogP contribution in [-0.4, -0.2) is 22.5 Å². The van der Waals surface area contributed by atoms with Crippen LogP contribution in [0.1, 0.15) is 54.5 Å². The molecule has 0 N–H and O–H groups in total. The van der Waals surface area contributed by atoms with Crippen molar-refractivity contribution in [2.24, 2.45) is 5.10 Å². The molecule has 0 amide bonds. The molecule has 0 atom stereocenters. The second kappa shape index (κ2) is 12.6. The molecule has 0 radical (unpaired) electrons. The number of benzene rings is 4. The van der Waals surface area contributed by atoms with Crippen molar-refractivity contribution in [1.29, 1.82) is 0 Å². The summed E-state index contributed by atoms with van der Waals surface area (Å²) in [7, 11) is 0. The molecule has 0 saturated heterocycles. The van der Waals surface area contributed by atoms with Crippen LogP contribution in [0.3, 0.4) is 0 Å². The second-order valence-electron chi connectivity index (χ2n) is 10.6. The monoisotopic (exact) mass is 579 g/mol. The van der Waals surface area contributed by atoms with Crippen molar-refractivity contribution in [3.8, 4) is 22.9 Å². The minimum absolute atomic E-state index is 0.203. The van der Waals surface area contributed by atoms with Crippen molar-refractivity contribution in [2.75, 3.05) is 6.61 Å². The van der Waals surface area contributed by atoms with E-state index in [1.54, 1.807) is 24.4 Å². The van der Waals surface area contributed by atoms with E-state index in [1.807, 2.05) is 56.3 Å². The van der Waals surface area contributed by atoms with Gasteiger partial charge >= 0.3 is 0 Å². The molecule has 42 heavy (non-hydrogen) atoms. The maximum atomic E-state index is 13.9. The molecule has 0 bridgehead atoms. The van der Waals surface area contributed by atoms with Crippen LogP contribution in [0.15, 0.2) is 88.8 Å². The fourth-order valence-electron chi connectivity index (χ4n) is 4.79. The molecule has 1 heterocycles. The number of fused-ring (bicyclic) bond motifs is 1. The Balaban J connectivity index is 1.63. The molecule has 0 fully saturated rings. The molecule has 0 spiro atoms. The highest BCUT2D eigenvalue weighted by Crippen LogP contribution is 2.34. The molecule has 0 aliphatic carbocycles. The number of hydrogen-bond acceptors (Lipinski definition) is 5. The summed E-state index contributed by atoms with van der Waals surface area (Å²) < 4.78 is 13.5. The average molecular weight is 580 g/mol. The standard InChI is InChI=1S/C35H34ClN3O3/c1-6-41-33-17-24(5)30(19-29(33)22(2)3)34-38-31-10-8-7-9-28(31)35(40)39(34)37-20-26-18-27(36)15-16-32(26)42-21-25-13-11-23(4)12-14-25/h7-20,22H,6,21H2,1-5H3. The van der Waals surface area contributed by atoms with Gasteiger partial charge in [0, 0.05) is 16.1 Å². The minimum Gasteiger partial charge on any atom is -0.494 e. The molecular weight excluding hydrogens is 546 g/mol. The van der Waals surface area contributed by atoms with Gasteiger partial charge in [0.25, 0.3) is 5.56 Å². The van der Waals surface area contributed by atoms with Gasteiger partial charge in [0.2, 0.25) is 0 Å². The van der Waals surface area contributed by atoms with Gasteiger partial charge in [0.15, 0.2) is 5.82 Å². The molecule has 0 aliphatic rings. The van der Waals surface area contributed by atoms with Crippen molar-refractivity contribution in [2.45, 2.75) is 47.1 Å². The average Bonchev–Trinajstić information content (AvgIpc) is 2.97. The summed E-state index contributed by atoms with van der Waals surface area (Å²) in [6.45, 7) is 11.2. The number of rotatable bonds is 9. The quantitative estimate of drug-likeness (QED) is 0.165. The summed E-state index contributed by atoms with van der Waals surface area (Å²) in [6.07, 6.45) is 1.60. The first-order valence-corrected chi connectivity index (χ1v) is 14.4. The first-order chi connectivity index (χ1) is 20.2. The zero-order chi connectivity index (χ0) is 29.8. The van der Waals surface area contributed by atoms with Crippen molar-refractivity contribution in [3.63, 3.8) is 0 Å². The zero-order valence-electron chi connectivity index (χ0n) is 24.5. The largest absolute Gasteiger partial charge is 0.494 e. The molecule has 1 aromatic heterocycles. The van der Waals surface area contributed by atoms with Crippen LogP contribution in [0, 0.1) is 13.8 Å². The summed E-state index contributed by atoms with van der Waals surface area (Å²) >= 11 is 6.37. The van der Waals surface area contributed by atoms with E-state index in [0.29, 0.717) is 46.3 Å². The van der Waals surface area contributed by atoms with E-state index in [4.69, 9.17) is 31.2 Å². The van der Waals surface area contributed by atoms with Crippen LogP contribution >= 0.6 is 11.6 Å². The number of nitrogens with zero attached hydrogens (tertiary/aromatic N) is 3. The number of hydrogen-bond donors (Lipinski definition) is 0. The lowest BCUT2D eigenvalue weighted by Crippen LogP contribution is -2.21. The van der Waals surface area contributed by atoms with Gasteiger partial charge in [0.05, 0.1) is 23.7 Å². The summed E-state index contributed by atoms with van der Waals surface area (Å²) in [5.74, 6) is 2.09. The molecule has 6 nitrogen and oxygen atoms in total. The number of halogens is 1. The van der Waals surface area contributed by atoms with Gasteiger partial charge in [0.1, 0.15) is 18.1 Å². The smallest absolute Gasteiger partial charge is 0.282 e. The molecule has 214 valence electrons. The zero-order valence-corrected chi connectivity index (χ0v) is 25.3. The predicted octanol–water partition coefficient (Wildman–Crippen LogP) is 8.32. The topological polar surface area (TPSA) is 65.7 Å². The normalized spacial score (nSPS) is 11.5. The third-order valence-corrected chi connectivity index (χ3v) is 7.31. The predicted molar refractivity (Wildman–Crippen MR) is 171 cm³/mol. The van der Waals surface area contributed by atoms with Crippen molar-refractivity contribution in [3.05, 3.63) is 122 Å². The Morgan fingerprint density at radius 3 is 2.45 bits per heavy atom. The first-order valence-electron chi connectivity index (χ1n) is 14.1. The minimum atomic E-state index is -0.268. The Morgan fingerprint density at radius 2 is 1.71 bits per heavy atom. The Kier molecular flexibility index (Phi) is 8.74. The Hall–Kier alpha value is -4.42. The summed E-state index contributed by atoms with van der Waals surface area (Å²) in [5.41, 5.74) is 5.99. The first kappa shape index (κ1) is 29.1. The van der Waals surface area contributed by atoms with Crippen LogP contribution in [0.2, 0.25) is 5.02 Å². The van der Waals surface area contributed by atoms with Gasteiger partial charge in [-0.05, 0) is 85.8 Å². The number of aromatic nitrogens is 2. The molecule has 5 aromatic rings. The Morgan fingerprint density at radius 1 is 0.952 bits per heavy atom. The number of aryl methyl sites for hydroxylation is 2. The molecule has 0 unspecified atom stereocenters.